The molecule has 0 saturated heterocycles. The van der Waals surface area contributed by atoms with E-state index in [9.17, 15) is 0 Å². The van der Waals surface area contributed by atoms with Crippen LogP contribution in [0, 0.1) is 6.92 Å². The number of nitrogens with two attached hydrogens (primary N) is 1. The van der Waals surface area contributed by atoms with Gasteiger partial charge in [0.05, 0.1) is 10.2 Å². The molecule has 0 aliphatic rings. The van der Waals surface area contributed by atoms with E-state index in [2.05, 4.69) is 37.2 Å². The molecule has 0 saturated carbocycles. The molecule has 0 aliphatic carbocycles. The van der Waals surface area contributed by atoms with Gasteiger partial charge in [0.1, 0.15) is 12.0 Å². The van der Waals surface area contributed by atoms with E-state index in [1.807, 2.05) is 39.8 Å². The lowest BCUT2D eigenvalue weighted by molar-refractivity contribution is 0.464. The molecule has 24 heavy (non-hydrogen) atoms. The number of hydrogen-bond acceptors (Lipinski definition) is 8. The van der Waals surface area contributed by atoms with Crippen LogP contribution in [0.5, 0.6) is 0 Å². The van der Waals surface area contributed by atoms with Crippen LogP contribution in [-0.2, 0) is 0 Å². The number of nitrogens with zero attached hydrogens (tertiary/aromatic N) is 3. The van der Waals surface area contributed by atoms with Gasteiger partial charge < -0.3 is 16.5 Å². The number of para-hydroxylation sites is 1. The first-order chi connectivity index (χ1) is 11.3. The minimum Gasteiger partial charge on any atom is -0.393 e. The van der Waals surface area contributed by atoms with Crippen LogP contribution in [0.15, 0.2) is 24.5 Å². The highest BCUT2D eigenvalue weighted by molar-refractivity contribution is 7.22. The predicted octanol–water partition coefficient (Wildman–Crippen LogP) is 3.44. The summed E-state index contributed by atoms with van der Waals surface area (Å²) in [6, 6.07) is 6.12. The van der Waals surface area contributed by atoms with E-state index >= 15 is 0 Å². The SMILES string of the molecule is Cc1cccc2sc(Nc3ncnc(NNC(C)(C)C)c3N)nc12. The number of fused-ring (bicyclic) bond motifs is 1. The molecule has 2 heterocycles. The summed E-state index contributed by atoms with van der Waals surface area (Å²) < 4.78 is 1.12. The molecule has 0 aliphatic heterocycles. The molecule has 5 N–H and O–H groups in total. The maximum Gasteiger partial charge on any atom is 0.189 e. The molecule has 2 aromatic heterocycles. The van der Waals surface area contributed by atoms with E-state index in [0.29, 0.717) is 17.3 Å². The van der Waals surface area contributed by atoms with Crippen LogP contribution in [0.1, 0.15) is 26.3 Å². The second-order valence-corrected chi connectivity index (χ2v) is 7.58. The van der Waals surface area contributed by atoms with Gasteiger partial charge >= 0.3 is 0 Å². The van der Waals surface area contributed by atoms with Crippen LogP contribution in [0.25, 0.3) is 10.2 Å². The third-order valence-corrected chi connectivity index (χ3v) is 4.22. The summed E-state index contributed by atoms with van der Waals surface area (Å²) in [6.45, 7) is 8.17. The van der Waals surface area contributed by atoms with Gasteiger partial charge in [0.2, 0.25) is 0 Å². The molecule has 0 spiro atoms. The Labute approximate surface area is 144 Å². The van der Waals surface area contributed by atoms with Crippen molar-refractivity contribution in [3.05, 3.63) is 30.1 Å². The third-order valence-electron chi connectivity index (χ3n) is 3.29. The lowest BCUT2D eigenvalue weighted by Crippen LogP contribution is -2.40. The van der Waals surface area contributed by atoms with Crippen LogP contribution < -0.4 is 21.9 Å². The van der Waals surface area contributed by atoms with Crippen LogP contribution >= 0.6 is 11.3 Å². The van der Waals surface area contributed by atoms with Crippen molar-refractivity contribution in [1.82, 2.24) is 20.4 Å². The number of rotatable bonds is 4. The second-order valence-electron chi connectivity index (χ2n) is 6.55. The van der Waals surface area contributed by atoms with Crippen LogP contribution in [0.3, 0.4) is 0 Å². The normalized spacial score (nSPS) is 11.7. The summed E-state index contributed by atoms with van der Waals surface area (Å²) in [6.07, 6.45) is 1.46. The number of thiazole rings is 1. The van der Waals surface area contributed by atoms with E-state index in [1.165, 1.54) is 6.33 Å². The van der Waals surface area contributed by atoms with E-state index in [-0.39, 0.29) is 5.54 Å². The van der Waals surface area contributed by atoms with Crippen molar-refractivity contribution in [1.29, 1.82) is 0 Å². The summed E-state index contributed by atoms with van der Waals surface area (Å²) in [5.41, 5.74) is 14.8. The van der Waals surface area contributed by atoms with Crippen LogP contribution in [-0.4, -0.2) is 20.5 Å². The zero-order chi connectivity index (χ0) is 17.3. The zero-order valence-electron chi connectivity index (χ0n) is 14.1. The van der Waals surface area contributed by atoms with Gasteiger partial charge in [-0.2, -0.15) is 0 Å². The Morgan fingerprint density at radius 2 is 1.88 bits per heavy atom. The second kappa shape index (κ2) is 6.21. The Bertz CT molecular complexity index is 866. The van der Waals surface area contributed by atoms with Crippen molar-refractivity contribution in [2.75, 3.05) is 16.5 Å². The van der Waals surface area contributed by atoms with Crippen molar-refractivity contribution in [3.8, 4) is 0 Å². The molecule has 0 unspecified atom stereocenters. The number of aromatic nitrogens is 3. The summed E-state index contributed by atoms with van der Waals surface area (Å²) in [5, 5.41) is 3.94. The van der Waals surface area contributed by atoms with Gasteiger partial charge in [-0.1, -0.05) is 23.5 Å². The zero-order valence-corrected chi connectivity index (χ0v) is 15.0. The van der Waals surface area contributed by atoms with Gasteiger partial charge in [-0.05, 0) is 39.3 Å². The van der Waals surface area contributed by atoms with Crippen molar-refractivity contribution >= 4 is 44.0 Å². The number of aryl methyl sites for hydroxylation is 1. The number of anilines is 4. The topological polar surface area (TPSA) is 101 Å². The van der Waals surface area contributed by atoms with Crippen molar-refractivity contribution in [2.24, 2.45) is 0 Å². The lowest BCUT2D eigenvalue weighted by Gasteiger charge is -2.22. The van der Waals surface area contributed by atoms with Crippen molar-refractivity contribution in [3.63, 3.8) is 0 Å². The lowest BCUT2D eigenvalue weighted by atomic mass is 10.1. The summed E-state index contributed by atoms with van der Waals surface area (Å²) >= 11 is 1.56. The number of nitrogens with one attached hydrogen (secondary N) is 3. The van der Waals surface area contributed by atoms with Gasteiger partial charge in [0.15, 0.2) is 16.8 Å². The fraction of sp³-hybridized carbons (Fsp3) is 0.312. The van der Waals surface area contributed by atoms with E-state index < -0.39 is 0 Å². The highest BCUT2D eigenvalue weighted by Gasteiger charge is 2.14. The van der Waals surface area contributed by atoms with Crippen molar-refractivity contribution < 1.29 is 0 Å². The molecule has 3 rings (SSSR count). The fourth-order valence-corrected chi connectivity index (χ4v) is 3.03. The minimum atomic E-state index is -0.116. The smallest absolute Gasteiger partial charge is 0.189 e. The molecule has 126 valence electrons. The Morgan fingerprint density at radius 3 is 2.58 bits per heavy atom. The molecule has 3 aromatic rings. The highest BCUT2D eigenvalue weighted by Crippen LogP contribution is 2.32. The monoisotopic (exact) mass is 343 g/mol. The number of nitrogen functional groups attached to an aromatic ring is 1. The first-order valence-corrected chi connectivity index (χ1v) is 8.42. The molecule has 0 fully saturated rings. The fourth-order valence-electron chi connectivity index (χ4n) is 2.08. The van der Waals surface area contributed by atoms with E-state index in [1.54, 1.807) is 11.3 Å². The molecule has 7 nitrogen and oxygen atoms in total. The van der Waals surface area contributed by atoms with E-state index in [0.717, 1.165) is 20.9 Å². The summed E-state index contributed by atoms with van der Waals surface area (Å²) in [4.78, 5) is 13.0. The Balaban J connectivity index is 1.85. The molecule has 0 radical (unpaired) electrons. The first-order valence-electron chi connectivity index (χ1n) is 7.60. The van der Waals surface area contributed by atoms with Gasteiger partial charge in [0, 0.05) is 5.54 Å². The molecule has 0 amide bonds. The molecule has 1 aromatic carbocycles. The van der Waals surface area contributed by atoms with E-state index in [4.69, 9.17) is 5.73 Å². The molecule has 0 bridgehead atoms. The number of benzene rings is 1. The maximum absolute atomic E-state index is 6.17. The molecular formula is C16H21N7S. The molecule has 0 atom stereocenters. The average Bonchev–Trinajstić information content (AvgIpc) is 2.91. The first kappa shape index (κ1) is 16.4. The van der Waals surface area contributed by atoms with Crippen molar-refractivity contribution in [2.45, 2.75) is 33.2 Å². The van der Waals surface area contributed by atoms with Gasteiger partial charge in [0.25, 0.3) is 0 Å². The van der Waals surface area contributed by atoms with Crippen LogP contribution in [0.4, 0.5) is 22.5 Å². The predicted molar refractivity (Wildman–Crippen MR) is 101 cm³/mol. The minimum absolute atomic E-state index is 0.116. The molecule has 8 heteroatoms. The third kappa shape index (κ3) is 3.55. The Hall–Kier alpha value is -2.45. The number of hydrogen-bond donors (Lipinski definition) is 4. The van der Waals surface area contributed by atoms with Gasteiger partial charge in [-0.15, -0.1) is 0 Å². The van der Waals surface area contributed by atoms with Gasteiger partial charge in [-0.3, -0.25) is 0 Å². The molecular weight excluding hydrogens is 322 g/mol. The number of hydrazine groups is 1. The van der Waals surface area contributed by atoms with Gasteiger partial charge in [-0.25, -0.2) is 20.4 Å². The summed E-state index contributed by atoms with van der Waals surface area (Å²) in [7, 11) is 0. The Kier molecular flexibility index (Phi) is 4.25. The largest absolute Gasteiger partial charge is 0.393 e. The quantitative estimate of drug-likeness (QED) is 0.538. The Morgan fingerprint density at radius 1 is 1.12 bits per heavy atom. The summed E-state index contributed by atoms with van der Waals surface area (Å²) in [5.74, 6) is 1.06. The highest BCUT2D eigenvalue weighted by atomic mass is 32.1. The maximum atomic E-state index is 6.17. The van der Waals surface area contributed by atoms with Crippen LogP contribution in [0.2, 0.25) is 0 Å². The standard InChI is InChI=1S/C16H21N7S/c1-9-6-5-7-10-12(9)20-15(24-10)21-13-11(17)14(19-8-18-13)22-23-16(2,3)4/h5-8,23H,17H2,1-4H3,(H2,18,19,20,21,22). The average molecular weight is 343 g/mol.